The van der Waals surface area contributed by atoms with Crippen molar-refractivity contribution in [2.24, 2.45) is 5.84 Å². The monoisotopic (exact) mass is 303 g/mol. The molecule has 20 heavy (non-hydrogen) atoms. The third kappa shape index (κ3) is 3.54. The molecule has 1 aliphatic heterocycles. The van der Waals surface area contributed by atoms with Gasteiger partial charge in [-0.1, -0.05) is 5.16 Å². The molecule has 1 aromatic rings. The van der Waals surface area contributed by atoms with Gasteiger partial charge in [0, 0.05) is 32.2 Å². The molecule has 112 valence electrons. The van der Waals surface area contributed by atoms with Gasteiger partial charge in [0.2, 0.25) is 10.0 Å². The lowest BCUT2D eigenvalue weighted by molar-refractivity contribution is 0.0944. The molecule has 1 aliphatic rings. The summed E-state index contributed by atoms with van der Waals surface area (Å²) >= 11 is 0. The Labute approximate surface area is 116 Å². The zero-order valence-electron chi connectivity index (χ0n) is 11.1. The van der Waals surface area contributed by atoms with E-state index in [0.29, 0.717) is 38.5 Å². The van der Waals surface area contributed by atoms with Crippen LogP contribution in [0.3, 0.4) is 0 Å². The number of carbonyl (C=O) groups excluding carboxylic acids is 1. The number of sulfonamides is 1. The van der Waals surface area contributed by atoms with Gasteiger partial charge in [0.05, 0.1) is 12.8 Å². The van der Waals surface area contributed by atoms with Crippen molar-refractivity contribution in [2.75, 3.05) is 32.4 Å². The topological polar surface area (TPSA) is 122 Å². The Morgan fingerprint density at radius 3 is 2.65 bits per heavy atom. The second kappa shape index (κ2) is 5.87. The van der Waals surface area contributed by atoms with Gasteiger partial charge in [-0.2, -0.15) is 4.31 Å². The average molecular weight is 303 g/mol. The highest BCUT2D eigenvalue weighted by atomic mass is 32.2. The number of nitrogens with two attached hydrogens (primary N) is 1. The third-order valence-corrected chi connectivity index (χ3v) is 4.41. The first kappa shape index (κ1) is 14.9. The minimum Gasteiger partial charge on any atom is -0.359 e. The fourth-order valence-electron chi connectivity index (χ4n) is 2.01. The van der Waals surface area contributed by atoms with Crippen LogP contribution in [0, 0.1) is 0 Å². The maximum atomic E-state index is 11.4. The summed E-state index contributed by atoms with van der Waals surface area (Å²) in [5.41, 5.74) is 2.09. The number of nitrogens with one attached hydrogen (secondary N) is 1. The Balaban J connectivity index is 1.90. The largest absolute Gasteiger partial charge is 0.359 e. The highest BCUT2D eigenvalue weighted by Crippen LogP contribution is 2.11. The molecule has 1 aromatic heterocycles. The normalized spacial score (nSPS) is 18.1. The molecule has 9 nitrogen and oxygen atoms in total. The average Bonchev–Trinajstić information content (AvgIpc) is 2.86. The van der Waals surface area contributed by atoms with Gasteiger partial charge in [0.25, 0.3) is 5.91 Å². The maximum absolute atomic E-state index is 11.4. The summed E-state index contributed by atoms with van der Waals surface area (Å²) in [6.45, 7) is 2.58. The Morgan fingerprint density at radius 1 is 1.45 bits per heavy atom. The van der Waals surface area contributed by atoms with E-state index in [1.807, 2.05) is 10.3 Å². The number of hydrogen-bond acceptors (Lipinski definition) is 7. The van der Waals surface area contributed by atoms with Crippen LogP contribution in [0.25, 0.3) is 0 Å². The number of hydrazine groups is 1. The molecule has 0 aliphatic carbocycles. The fraction of sp³-hybridized carbons (Fsp3) is 0.600. The number of carbonyl (C=O) groups is 1. The molecule has 1 amide bonds. The number of piperazine rings is 1. The van der Waals surface area contributed by atoms with Crippen molar-refractivity contribution in [2.45, 2.75) is 6.54 Å². The van der Waals surface area contributed by atoms with Crippen molar-refractivity contribution < 1.29 is 17.7 Å². The van der Waals surface area contributed by atoms with Gasteiger partial charge >= 0.3 is 0 Å². The van der Waals surface area contributed by atoms with Crippen LogP contribution in [0.2, 0.25) is 0 Å². The standard InChI is InChI=1S/C10H17N5O4S/c1-20(17,18)15-4-2-14(3-5-15)7-8-6-9(13-19-8)10(16)12-11/h6H,2-5,7,11H2,1H3,(H,12,16). The SMILES string of the molecule is CS(=O)(=O)N1CCN(Cc2cc(C(=O)NN)no2)CC1. The van der Waals surface area contributed by atoms with Crippen molar-refractivity contribution in [1.82, 2.24) is 19.8 Å². The first-order chi connectivity index (χ1) is 9.40. The van der Waals surface area contributed by atoms with Gasteiger partial charge in [-0.15, -0.1) is 0 Å². The second-order valence-electron chi connectivity index (χ2n) is 4.59. The summed E-state index contributed by atoms with van der Waals surface area (Å²) in [5.74, 6) is 5.03. The van der Waals surface area contributed by atoms with Crippen LogP contribution >= 0.6 is 0 Å². The van der Waals surface area contributed by atoms with Gasteiger partial charge < -0.3 is 4.52 Å². The van der Waals surface area contributed by atoms with Crippen molar-refractivity contribution in [1.29, 1.82) is 0 Å². The maximum Gasteiger partial charge on any atom is 0.287 e. The number of amides is 1. The lowest BCUT2D eigenvalue weighted by Crippen LogP contribution is -2.47. The Bertz CT molecular complexity index is 576. The molecule has 0 aromatic carbocycles. The Kier molecular flexibility index (Phi) is 4.38. The highest BCUT2D eigenvalue weighted by molar-refractivity contribution is 7.88. The highest BCUT2D eigenvalue weighted by Gasteiger charge is 2.24. The molecular formula is C10H17N5O4S. The number of aromatic nitrogens is 1. The minimum absolute atomic E-state index is 0.122. The molecule has 2 heterocycles. The molecule has 0 unspecified atom stereocenters. The van der Waals surface area contributed by atoms with Crippen LogP contribution in [0.5, 0.6) is 0 Å². The predicted octanol–water partition coefficient (Wildman–Crippen LogP) is -1.64. The first-order valence-corrected chi connectivity index (χ1v) is 7.89. The van der Waals surface area contributed by atoms with E-state index in [9.17, 15) is 13.2 Å². The van der Waals surface area contributed by atoms with E-state index in [1.54, 1.807) is 0 Å². The fourth-order valence-corrected chi connectivity index (χ4v) is 2.83. The van der Waals surface area contributed by atoms with Gasteiger partial charge in [-0.25, -0.2) is 14.3 Å². The molecule has 1 saturated heterocycles. The van der Waals surface area contributed by atoms with Crippen LogP contribution in [0.4, 0.5) is 0 Å². The first-order valence-electron chi connectivity index (χ1n) is 6.04. The molecule has 0 saturated carbocycles. The van der Waals surface area contributed by atoms with Gasteiger partial charge in [-0.05, 0) is 0 Å². The van der Waals surface area contributed by atoms with E-state index in [1.165, 1.54) is 16.6 Å². The summed E-state index contributed by atoms with van der Waals surface area (Å²) in [5, 5.41) is 3.61. The Morgan fingerprint density at radius 2 is 2.10 bits per heavy atom. The van der Waals surface area contributed by atoms with Gasteiger partial charge in [0.1, 0.15) is 0 Å². The zero-order chi connectivity index (χ0) is 14.8. The molecule has 1 fully saturated rings. The van der Waals surface area contributed by atoms with Crippen molar-refractivity contribution in [3.63, 3.8) is 0 Å². The van der Waals surface area contributed by atoms with E-state index < -0.39 is 15.9 Å². The number of nitrogen functional groups attached to an aromatic ring is 1. The summed E-state index contributed by atoms with van der Waals surface area (Å²) < 4.78 is 29.3. The molecule has 0 bridgehead atoms. The van der Waals surface area contributed by atoms with Crippen molar-refractivity contribution in [3.8, 4) is 0 Å². The zero-order valence-corrected chi connectivity index (χ0v) is 11.9. The number of rotatable bonds is 4. The number of nitrogens with zero attached hydrogens (tertiary/aromatic N) is 3. The van der Waals surface area contributed by atoms with Crippen LogP contribution < -0.4 is 11.3 Å². The van der Waals surface area contributed by atoms with Crippen molar-refractivity contribution in [3.05, 3.63) is 17.5 Å². The van der Waals surface area contributed by atoms with E-state index in [-0.39, 0.29) is 5.69 Å². The molecule has 0 atom stereocenters. The molecule has 3 N–H and O–H groups in total. The molecular weight excluding hydrogens is 286 g/mol. The molecule has 10 heteroatoms. The lowest BCUT2D eigenvalue weighted by Gasteiger charge is -2.32. The van der Waals surface area contributed by atoms with Crippen LogP contribution in [-0.2, 0) is 16.6 Å². The Hall–Kier alpha value is -1.49. The molecule has 0 radical (unpaired) electrons. The summed E-state index contributed by atoms with van der Waals surface area (Å²) in [6, 6.07) is 1.52. The number of hydrogen-bond donors (Lipinski definition) is 2. The third-order valence-electron chi connectivity index (χ3n) is 3.10. The summed E-state index contributed by atoms with van der Waals surface area (Å²) in [7, 11) is -3.13. The van der Waals surface area contributed by atoms with Crippen LogP contribution in [-0.4, -0.2) is 61.1 Å². The van der Waals surface area contributed by atoms with Crippen LogP contribution in [0.15, 0.2) is 10.6 Å². The lowest BCUT2D eigenvalue weighted by atomic mass is 10.3. The van der Waals surface area contributed by atoms with Crippen molar-refractivity contribution >= 4 is 15.9 Å². The van der Waals surface area contributed by atoms with E-state index >= 15 is 0 Å². The summed E-state index contributed by atoms with van der Waals surface area (Å²) in [4.78, 5) is 13.3. The smallest absolute Gasteiger partial charge is 0.287 e. The minimum atomic E-state index is -3.13. The molecule has 2 rings (SSSR count). The van der Waals surface area contributed by atoms with E-state index in [2.05, 4.69) is 5.16 Å². The van der Waals surface area contributed by atoms with Gasteiger partial charge in [-0.3, -0.25) is 15.1 Å². The summed E-state index contributed by atoms with van der Waals surface area (Å²) in [6.07, 6.45) is 1.21. The molecule has 0 spiro atoms. The van der Waals surface area contributed by atoms with Gasteiger partial charge in [0.15, 0.2) is 11.5 Å². The van der Waals surface area contributed by atoms with E-state index in [4.69, 9.17) is 10.4 Å². The van der Waals surface area contributed by atoms with Crippen LogP contribution in [0.1, 0.15) is 16.2 Å². The van der Waals surface area contributed by atoms with E-state index in [0.717, 1.165) is 0 Å². The quantitative estimate of drug-likeness (QED) is 0.388. The second-order valence-corrected chi connectivity index (χ2v) is 6.57. The predicted molar refractivity (Wildman–Crippen MR) is 69.9 cm³/mol.